The first-order chi connectivity index (χ1) is 17.3. The first-order valence-corrected chi connectivity index (χ1v) is 12.7. The summed E-state index contributed by atoms with van der Waals surface area (Å²) in [6, 6.07) is 14.6. The van der Waals surface area contributed by atoms with E-state index in [1.54, 1.807) is 12.1 Å². The summed E-state index contributed by atoms with van der Waals surface area (Å²) >= 11 is 0. The van der Waals surface area contributed by atoms with E-state index in [9.17, 15) is 22.0 Å². The zero-order valence-electron chi connectivity index (χ0n) is 19.5. The van der Waals surface area contributed by atoms with Crippen LogP contribution in [0.1, 0.15) is 28.8 Å². The molecule has 3 aromatic carbocycles. The van der Waals surface area contributed by atoms with Gasteiger partial charge in [-0.2, -0.15) is 8.42 Å². The summed E-state index contributed by atoms with van der Waals surface area (Å²) in [4.78, 5) is 14.5. The van der Waals surface area contributed by atoms with Crippen LogP contribution in [0.3, 0.4) is 0 Å². The van der Waals surface area contributed by atoms with Crippen molar-refractivity contribution in [2.75, 3.05) is 20.3 Å². The van der Waals surface area contributed by atoms with Gasteiger partial charge in [-0.25, -0.2) is 8.78 Å². The lowest BCUT2D eigenvalue weighted by Crippen LogP contribution is -2.37. The predicted octanol–water partition coefficient (Wildman–Crippen LogP) is 4.56. The molecular formula is C26H25F2NO6S. The van der Waals surface area contributed by atoms with Gasteiger partial charge in [-0.1, -0.05) is 18.2 Å². The number of rotatable bonds is 9. The third kappa shape index (κ3) is 6.00. The van der Waals surface area contributed by atoms with E-state index < -0.39 is 27.7 Å². The van der Waals surface area contributed by atoms with Crippen LogP contribution in [0.2, 0.25) is 0 Å². The van der Waals surface area contributed by atoms with Crippen LogP contribution in [0.25, 0.3) is 0 Å². The molecule has 1 amide bonds. The highest BCUT2D eigenvalue weighted by Crippen LogP contribution is 2.32. The molecule has 0 N–H and O–H groups in total. The van der Waals surface area contributed by atoms with Crippen LogP contribution in [0.5, 0.6) is 11.5 Å². The highest BCUT2D eigenvalue weighted by molar-refractivity contribution is 7.87. The third-order valence-corrected chi connectivity index (χ3v) is 6.99. The Balaban J connectivity index is 1.62. The molecule has 0 bridgehead atoms. The number of nitrogens with zero attached hydrogens (tertiary/aromatic N) is 1. The normalized spacial score (nSPS) is 15.5. The first kappa shape index (κ1) is 25.6. The van der Waals surface area contributed by atoms with E-state index in [0.717, 1.165) is 37.1 Å². The van der Waals surface area contributed by atoms with Gasteiger partial charge in [-0.3, -0.25) is 4.79 Å². The molecule has 1 atom stereocenters. The largest absolute Gasteiger partial charge is 0.493 e. The molecule has 1 heterocycles. The van der Waals surface area contributed by atoms with Crippen LogP contribution >= 0.6 is 0 Å². The van der Waals surface area contributed by atoms with Crippen molar-refractivity contribution in [2.45, 2.75) is 30.4 Å². The highest BCUT2D eigenvalue weighted by Gasteiger charge is 2.26. The van der Waals surface area contributed by atoms with Crippen molar-refractivity contribution >= 4 is 16.0 Å². The Labute approximate surface area is 208 Å². The maximum atomic E-state index is 14.4. The molecule has 4 rings (SSSR count). The molecule has 1 aliphatic heterocycles. The van der Waals surface area contributed by atoms with Crippen LogP contribution in [0.15, 0.2) is 71.6 Å². The van der Waals surface area contributed by atoms with E-state index in [2.05, 4.69) is 0 Å². The van der Waals surface area contributed by atoms with Crippen molar-refractivity contribution in [3.63, 3.8) is 0 Å². The molecule has 7 nitrogen and oxygen atoms in total. The van der Waals surface area contributed by atoms with Gasteiger partial charge in [0.15, 0.2) is 11.5 Å². The molecule has 0 aliphatic carbocycles. The lowest BCUT2D eigenvalue weighted by molar-refractivity contribution is 0.0503. The van der Waals surface area contributed by atoms with Crippen molar-refractivity contribution in [2.24, 2.45) is 0 Å². The number of halogens is 2. The van der Waals surface area contributed by atoms with E-state index in [1.165, 1.54) is 42.3 Å². The predicted molar refractivity (Wildman–Crippen MR) is 127 cm³/mol. The summed E-state index contributed by atoms with van der Waals surface area (Å²) in [6.45, 7) is 0.876. The van der Waals surface area contributed by atoms with Crippen molar-refractivity contribution in [3.05, 3.63) is 89.5 Å². The topological polar surface area (TPSA) is 82.1 Å². The van der Waals surface area contributed by atoms with E-state index in [0.29, 0.717) is 12.2 Å². The second-order valence-electron chi connectivity index (χ2n) is 8.28. The SMILES string of the molecule is COc1ccc(CN(CC2CCCO2)C(=O)c2ccccc2F)cc1OS(=O)(=O)c1ccc(F)cc1. The molecule has 10 heteroatoms. The molecule has 1 aliphatic rings. The van der Waals surface area contributed by atoms with Crippen LogP contribution in [-0.2, 0) is 21.4 Å². The molecule has 3 aromatic rings. The molecule has 0 aromatic heterocycles. The molecule has 190 valence electrons. The summed E-state index contributed by atoms with van der Waals surface area (Å²) in [6.07, 6.45) is 1.45. The minimum absolute atomic E-state index is 0.0456. The number of methoxy groups -OCH3 is 1. The molecule has 1 fully saturated rings. The Morgan fingerprint density at radius 1 is 1.06 bits per heavy atom. The van der Waals surface area contributed by atoms with Gasteiger partial charge < -0.3 is 18.6 Å². The average Bonchev–Trinajstić information content (AvgIpc) is 3.37. The van der Waals surface area contributed by atoms with Gasteiger partial charge in [0.05, 0.1) is 18.8 Å². The Hall–Kier alpha value is -3.50. The number of carbonyl (C=O) groups excluding carboxylic acids is 1. The number of hydrogen-bond acceptors (Lipinski definition) is 6. The van der Waals surface area contributed by atoms with E-state index >= 15 is 0 Å². The summed E-state index contributed by atoms with van der Waals surface area (Å²) < 4.78 is 69.4. The quantitative estimate of drug-likeness (QED) is 0.387. The molecule has 0 radical (unpaired) electrons. The molecule has 0 saturated carbocycles. The van der Waals surface area contributed by atoms with Gasteiger partial charge in [0.1, 0.15) is 16.5 Å². The lowest BCUT2D eigenvalue weighted by Gasteiger charge is -2.26. The standard InChI is InChI=1S/C26H25F2NO6S/c1-33-24-13-8-18(15-25(24)35-36(31,32)21-11-9-19(27)10-12-21)16-29(17-20-5-4-14-34-20)26(30)22-6-2-3-7-23(22)28/h2-3,6-13,15,20H,4-5,14,16-17H2,1H3. The molecule has 36 heavy (non-hydrogen) atoms. The Kier molecular flexibility index (Phi) is 7.85. The van der Waals surface area contributed by atoms with Crippen molar-refractivity contribution in [1.29, 1.82) is 0 Å². The summed E-state index contributed by atoms with van der Waals surface area (Å²) in [5.74, 6) is -1.69. The first-order valence-electron chi connectivity index (χ1n) is 11.3. The number of carbonyl (C=O) groups is 1. The van der Waals surface area contributed by atoms with Crippen molar-refractivity contribution in [1.82, 2.24) is 4.90 Å². The summed E-state index contributed by atoms with van der Waals surface area (Å²) in [5.41, 5.74) is 0.460. The minimum atomic E-state index is -4.29. The maximum absolute atomic E-state index is 14.4. The zero-order valence-corrected chi connectivity index (χ0v) is 20.3. The van der Waals surface area contributed by atoms with Gasteiger partial charge in [-0.05, 0) is 66.9 Å². The van der Waals surface area contributed by atoms with Crippen LogP contribution in [-0.4, -0.2) is 45.6 Å². The molecule has 1 saturated heterocycles. The van der Waals surface area contributed by atoms with E-state index in [1.807, 2.05) is 0 Å². The Morgan fingerprint density at radius 2 is 1.81 bits per heavy atom. The van der Waals surface area contributed by atoms with Crippen molar-refractivity contribution < 1.29 is 35.6 Å². The fourth-order valence-corrected chi connectivity index (χ4v) is 4.86. The third-order valence-electron chi connectivity index (χ3n) is 5.74. The lowest BCUT2D eigenvalue weighted by atomic mass is 10.1. The molecule has 0 spiro atoms. The number of benzene rings is 3. The average molecular weight is 518 g/mol. The highest BCUT2D eigenvalue weighted by atomic mass is 32.2. The Morgan fingerprint density at radius 3 is 2.47 bits per heavy atom. The summed E-state index contributed by atoms with van der Waals surface area (Å²) in [5, 5.41) is 0. The minimum Gasteiger partial charge on any atom is -0.493 e. The Bertz CT molecular complexity index is 1320. The van der Waals surface area contributed by atoms with E-state index in [-0.39, 0.29) is 41.2 Å². The second kappa shape index (κ2) is 11.0. The van der Waals surface area contributed by atoms with Gasteiger partial charge >= 0.3 is 10.1 Å². The van der Waals surface area contributed by atoms with Crippen LogP contribution in [0, 0.1) is 11.6 Å². The number of ether oxygens (including phenoxy) is 2. The van der Waals surface area contributed by atoms with Crippen LogP contribution < -0.4 is 8.92 Å². The zero-order chi connectivity index (χ0) is 25.7. The van der Waals surface area contributed by atoms with Gasteiger partial charge in [0.2, 0.25) is 0 Å². The van der Waals surface area contributed by atoms with Crippen LogP contribution in [0.4, 0.5) is 8.78 Å². The summed E-state index contributed by atoms with van der Waals surface area (Å²) in [7, 11) is -2.93. The van der Waals surface area contributed by atoms with Gasteiger partial charge in [-0.15, -0.1) is 0 Å². The fraction of sp³-hybridized carbons (Fsp3) is 0.269. The molecular weight excluding hydrogens is 492 g/mol. The smallest absolute Gasteiger partial charge is 0.339 e. The number of amides is 1. The molecule has 1 unspecified atom stereocenters. The second-order valence-corrected chi connectivity index (χ2v) is 9.82. The van der Waals surface area contributed by atoms with Gasteiger partial charge in [0, 0.05) is 19.7 Å². The van der Waals surface area contributed by atoms with Crippen molar-refractivity contribution in [3.8, 4) is 11.5 Å². The van der Waals surface area contributed by atoms with E-state index in [4.69, 9.17) is 13.7 Å². The monoisotopic (exact) mass is 517 g/mol. The number of hydrogen-bond donors (Lipinski definition) is 0. The fourth-order valence-electron chi connectivity index (χ4n) is 3.93. The maximum Gasteiger partial charge on any atom is 0.339 e. The van der Waals surface area contributed by atoms with Gasteiger partial charge in [0.25, 0.3) is 5.91 Å².